The smallest absolute Gasteiger partial charge is 0.410 e. The average Bonchev–Trinajstić information content (AvgIpc) is 3.98. The highest BCUT2D eigenvalue weighted by atomic mass is 32.2. The highest BCUT2D eigenvalue weighted by molar-refractivity contribution is 7.91. The van der Waals surface area contributed by atoms with Crippen LogP contribution in [-0.2, 0) is 48.7 Å². The van der Waals surface area contributed by atoms with Crippen LogP contribution in [0.1, 0.15) is 106 Å². The summed E-state index contributed by atoms with van der Waals surface area (Å²) >= 11 is 1.47. The van der Waals surface area contributed by atoms with Crippen molar-refractivity contribution in [2.45, 2.75) is 132 Å². The Morgan fingerprint density at radius 2 is 1.91 bits per heavy atom. The van der Waals surface area contributed by atoms with Crippen LogP contribution in [0.5, 0.6) is 0 Å². The number of rotatable bonds is 7. The van der Waals surface area contributed by atoms with Gasteiger partial charge in [-0.25, -0.2) is 18.2 Å². The first-order chi connectivity index (χ1) is 26.0. The molecule has 0 radical (unpaired) electrons. The van der Waals surface area contributed by atoms with E-state index in [1.165, 1.54) is 16.2 Å². The molecule has 5 atom stereocenters. The minimum absolute atomic E-state index is 0.0118. The van der Waals surface area contributed by atoms with E-state index in [-0.39, 0.29) is 30.7 Å². The van der Waals surface area contributed by atoms with Gasteiger partial charge in [0.2, 0.25) is 21.8 Å². The van der Waals surface area contributed by atoms with Gasteiger partial charge in [0, 0.05) is 18.3 Å². The first-order valence-corrected chi connectivity index (χ1v) is 22.1. The first kappa shape index (κ1) is 37.0. The van der Waals surface area contributed by atoms with Crippen molar-refractivity contribution >= 4 is 56.4 Å². The first-order valence-electron chi connectivity index (χ1n) is 19.7. The van der Waals surface area contributed by atoms with Gasteiger partial charge in [0.1, 0.15) is 23.7 Å². The number of thiazole rings is 1. The SMILES string of the molecule is CC[C@H]1C[C@]1(NC(=O)[C@@H]1C[C@@H]2CN1C(=O)[C@H](C1CCCCC1)Nc1nc(cs1)CCC/C=C\c1cccc3c1CN(C3)C(=O)O2)C(=O)NS(=O)(=O)C1CC1. The van der Waals surface area contributed by atoms with Crippen LogP contribution < -0.4 is 15.4 Å². The lowest BCUT2D eigenvalue weighted by atomic mass is 9.83. The minimum Gasteiger partial charge on any atom is -0.444 e. The number of carbonyl (C=O) groups excluding carboxylic acids is 4. The molecule has 3 N–H and O–H groups in total. The molecular formula is C39H50N6O7S2. The number of amides is 4. The van der Waals surface area contributed by atoms with Crippen molar-refractivity contribution in [3.8, 4) is 0 Å². The molecule has 8 rings (SSSR count). The van der Waals surface area contributed by atoms with E-state index in [0.717, 1.165) is 73.8 Å². The topological polar surface area (TPSA) is 167 Å². The zero-order chi connectivity index (χ0) is 37.6. The third-order valence-corrected chi connectivity index (χ3v) is 14.9. The molecule has 3 saturated carbocycles. The van der Waals surface area contributed by atoms with Crippen molar-refractivity contribution in [2.24, 2.45) is 11.8 Å². The number of hydrogen-bond acceptors (Lipinski definition) is 10. The molecule has 4 heterocycles. The molecule has 6 aliphatic rings. The Bertz CT molecular complexity index is 1940. The number of ether oxygens (including phenoxy) is 1. The van der Waals surface area contributed by atoms with Crippen molar-refractivity contribution in [1.82, 2.24) is 24.8 Å². The van der Waals surface area contributed by atoms with Crippen LogP contribution in [0.15, 0.2) is 29.7 Å². The molecule has 4 amide bonds. The van der Waals surface area contributed by atoms with E-state index in [0.29, 0.717) is 43.9 Å². The number of aromatic nitrogens is 1. The Labute approximate surface area is 320 Å². The molecule has 1 saturated heterocycles. The molecule has 290 valence electrons. The van der Waals surface area contributed by atoms with E-state index >= 15 is 0 Å². The van der Waals surface area contributed by atoms with Gasteiger partial charge < -0.3 is 20.3 Å². The maximum absolute atomic E-state index is 14.9. The van der Waals surface area contributed by atoms with E-state index in [2.05, 4.69) is 33.6 Å². The van der Waals surface area contributed by atoms with Crippen LogP contribution in [0.25, 0.3) is 6.08 Å². The van der Waals surface area contributed by atoms with E-state index < -0.39 is 56.9 Å². The summed E-state index contributed by atoms with van der Waals surface area (Å²) in [6.07, 6.45) is 12.3. The number of nitrogens with one attached hydrogen (secondary N) is 3. The molecule has 1 aromatic heterocycles. The van der Waals surface area contributed by atoms with Crippen LogP contribution in [0, 0.1) is 11.8 Å². The zero-order valence-corrected chi connectivity index (χ0v) is 32.4. The molecule has 15 heteroatoms. The number of carbonyl (C=O) groups is 4. The van der Waals surface area contributed by atoms with Crippen LogP contribution in [0.4, 0.5) is 9.93 Å². The fraction of sp³-hybridized carbons (Fsp3) is 0.615. The van der Waals surface area contributed by atoms with Crippen LogP contribution in [0.2, 0.25) is 0 Å². The van der Waals surface area contributed by atoms with Gasteiger partial charge in [0.05, 0.1) is 24.0 Å². The van der Waals surface area contributed by atoms with Gasteiger partial charge in [-0.1, -0.05) is 63.0 Å². The van der Waals surface area contributed by atoms with Crippen LogP contribution >= 0.6 is 11.3 Å². The van der Waals surface area contributed by atoms with E-state index in [4.69, 9.17) is 9.72 Å². The predicted octanol–water partition coefficient (Wildman–Crippen LogP) is 4.87. The second-order valence-electron chi connectivity index (χ2n) is 16.0. The number of allylic oxidation sites excluding steroid dienone is 1. The van der Waals surface area contributed by atoms with Gasteiger partial charge in [-0.15, -0.1) is 11.3 Å². The molecule has 54 heavy (non-hydrogen) atoms. The van der Waals surface area contributed by atoms with Crippen molar-refractivity contribution in [3.63, 3.8) is 0 Å². The lowest BCUT2D eigenvalue weighted by Gasteiger charge is -2.34. The molecule has 3 aliphatic heterocycles. The standard InChI is InChI=1S/C39H50N6O7S2/c1-2-27-19-39(27,36(48)43-54(50,51)30-16-17-30)42-34(46)32-18-29-21-45(32)35(47)33(25-11-6-3-7-12-25)41-37-40-28(23-53-37)15-8-4-5-10-24-13-9-14-26-20-44(22-31(24)26)38(49)52-29/h5,9-10,13-14,23,25,27,29-30,32-33H,2-4,6-8,11-12,15-22H2,1H3,(H,40,41)(H,42,46)(H,43,48)/b10-5-/t27-,29+,32-,33-,39+/m0/s1. The van der Waals surface area contributed by atoms with Crippen LogP contribution in [-0.4, -0.2) is 82.5 Å². The van der Waals surface area contributed by atoms with Crippen molar-refractivity contribution in [1.29, 1.82) is 0 Å². The third kappa shape index (κ3) is 7.49. The van der Waals surface area contributed by atoms with Crippen LogP contribution in [0.3, 0.4) is 0 Å². The number of anilines is 1. The lowest BCUT2D eigenvalue weighted by Crippen LogP contribution is -2.58. The van der Waals surface area contributed by atoms with Gasteiger partial charge in [-0.2, -0.15) is 0 Å². The molecule has 2 aromatic rings. The Balaban J connectivity index is 1.09. The monoisotopic (exact) mass is 778 g/mol. The molecule has 1 aromatic carbocycles. The van der Waals surface area contributed by atoms with Crippen molar-refractivity contribution in [3.05, 3.63) is 52.0 Å². The summed E-state index contributed by atoms with van der Waals surface area (Å²) in [4.78, 5) is 64.7. The highest BCUT2D eigenvalue weighted by Gasteiger charge is 2.62. The van der Waals surface area contributed by atoms with Gasteiger partial charge in [0.15, 0.2) is 5.13 Å². The lowest BCUT2D eigenvalue weighted by molar-refractivity contribution is -0.141. The average molecular weight is 779 g/mol. The summed E-state index contributed by atoms with van der Waals surface area (Å²) in [6, 6.07) is 4.38. The summed E-state index contributed by atoms with van der Waals surface area (Å²) in [6.45, 7) is 2.70. The molecule has 4 fully saturated rings. The van der Waals surface area contributed by atoms with Gasteiger partial charge in [-0.05, 0) is 79.9 Å². The molecule has 3 aliphatic carbocycles. The van der Waals surface area contributed by atoms with E-state index in [1.807, 2.05) is 24.4 Å². The summed E-state index contributed by atoms with van der Waals surface area (Å²) < 4.78 is 33.9. The maximum Gasteiger partial charge on any atom is 0.410 e. The minimum atomic E-state index is -3.84. The van der Waals surface area contributed by atoms with E-state index in [9.17, 15) is 27.6 Å². The Hall–Kier alpha value is -3.98. The quantitative estimate of drug-likeness (QED) is 0.356. The second kappa shape index (κ2) is 14.9. The Morgan fingerprint density at radius 1 is 1.09 bits per heavy atom. The summed E-state index contributed by atoms with van der Waals surface area (Å²) in [5, 5.41) is 8.50. The number of hydrogen-bond donors (Lipinski definition) is 3. The summed E-state index contributed by atoms with van der Waals surface area (Å²) in [5.74, 6) is -1.80. The summed E-state index contributed by atoms with van der Waals surface area (Å²) in [7, 11) is -3.84. The highest BCUT2D eigenvalue weighted by Crippen LogP contribution is 2.47. The normalized spacial score (nSPS) is 29.6. The number of benzene rings is 1. The summed E-state index contributed by atoms with van der Waals surface area (Å²) in [5.41, 5.74) is 2.76. The van der Waals surface area contributed by atoms with Gasteiger partial charge in [-0.3, -0.25) is 24.0 Å². The van der Waals surface area contributed by atoms with Crippen molar-refractivity contribution in [2.75, 3.05) is 11.9 Å². The predicted molar refractivity (Wildman–Crippen MR) is 204 cm³/mol. The Morgan fingerprint density at radius 3 is 2.67 bits per heavy atom. The van der Waals surface area contributed by atoms with Gasteiger partial charge in [0.25, 0.3) is 5.91 Å². The molecule has 0 spiro atoms. The van der Waals surface area contributed by atoms with E-state index in [1.54, 1.807) is 4.90 Å². The fourth-order valence-corrected chi connectivity index (χ4v) is 11.0. The number of sulfonamides is 1. The molecule has 13 nitrogen and oxygen atoms in total. The van der Waals surface area contributed by atoms with Crippen molar-refractivity contribution < 1.29 is 32.3 Å². The second-order valence-corrected chi connectivity index (χ2v) is 18.8. The van der Waals surface area contributed by atoms with Gasteiger partial charge >= 0.3 is 6.09 Å². The fourth-order valence-electron chi connectivity index (χ4n) is 8.88. The maximum atomic E-state index is 14.9. The number of nitrogens with zero attached hydrogens (tertiary/aromatic N) is 3. The largest absolute Gasteiger partial charge is 0.444 e. The Kier molecular flexibility index (Phi) is 10.2. The number of fused-ring (bicyclic) bond motifs is 5. The molecule has 0 unspecified atom stereocenters. The zero-order valence-electron chi connectivity index (χ0n) is 30.8. The third-order valence-electron chi connectivity index (χ3n) is 12.3. The molecule has 6 bridgehead atoms. The number of aryl methyl sites for hydroxylation is 1. The molecular weight excluding hydrogens is 729 g/mol.